The third-order valence-electron chi connectivity index (χ3n) is 1.90. The highest BCUT2D eigenvalue weighted by atomic mass is 16.5. The van der Waals surface area contributed by atoms with E-state index < -0.39 is 0 Å². The van der Waals surface area contributed by atoms with Crippen LogP contribution in [0.5, 0.6) is 5.88 Å². The molecule has 0 bridgehead atoms. The molecule has 0 spiro atoms. The topological polar surface area (TPSA) is 37.4 Å². The van der Waals surface area contributed by atoms with Crippen LogP contribution in [-0.2, 0) is 0 Å². The van der Waals surface area contributed by atoms with Crippen molar-refractivity contribution in [3.05, 3.63) is 18.3 Å². The van der Waals surface area contributed by atoms with Crippen LogP contribution in [0.2, 0.25) is 0 Å². The first-order valence-electron chi connectivity index (χ1n) is 5.20. The lowest BCUT2D eigenvalue weighted by Crippen LogP contribution is -2.19. The molecule has 0 saturated heterocycles. The molecule has 0 atom stereocenters. The van der Waals surface area contributed by atoms with Gasteiger partial charge in [0.2, 0.25) is 5.88 Å². The highest BCUT2D eigenvalue weighted by Gasteiger charge is 1.97. The lowest BCUT2D eigenvalue weighted by molar-refractivity contribution is 0.254. The minimum atomic E-state index is 0.662. The monoisotopic (exact) mass is 209 g/mol. The number of hydrogen-bond donors (Lipinski definition) is 1. The molecule has 0 unspecified atom stereocenters. The maximum absolute atomic E-state index is 5.51. The van der Waals surface area contributed by atoms with Crippen molar-refractivity contribution in [3.63, 3.8) is 0 Å². The first-order chi connectivity index (χ1) is 7.22. The quantitative estimate of drug-likeness (QED) is 0.769. The van der Waals surface area contributed by atoms with Gasteiger partial charge in [-0.2, -0.15) is 0 Å². The van der Waals surface area contributed by atoms with Gasteiger partial charge in [0, 0.05) is 31.0 Å². The molecule has 0 aromatic carbocycles. The average molecular weight is 209 g/mol. The number of ether oxygens (including phenoxy) is 1. The Morgan fingerprint density at radius 3 is 2.93 bits per heavy atom. The second-order valence-electron chi connectivity index (χ2n) is 3.56. The number of hydrogen-bond acceptors (Lipinski definition) is 4. The van der Waals surface area contributed by atoms with Crippen molar-refractivity contribution in [3.8, 4) is 5.88 Å². The van der Waals surface area contributed by atoms with Gasteiger partial charge in [0.05, 0.1) is 0 Å². The lowest BCUT2D eigenvalue weighted by atomic mass is 10.4. The molecular formula is C11H19N3O. The smallest absolute Gasteiger partial charge is 0.215 e. The minimum absolute atomic E-state index is 0.662. The molecule has 0 radical (unpaired) electrons. The van der Waals surface area contributed by atoms with Crippen molar-refractivity contribution >= 4 is 5.69 Å². The molecule has 4 nitrogen and oxygen atoms in total. The van der Waals surface area contributed by atoms with Gasteiger partial charge in [-0.3, -0.25) is 0 Å². The largest absolute Gasteiger partial charge is 0.476 e. The molecule has 0 aliphatic carbocycles. The van der Waals surface area contributed by atoms with Gasteiger partial charge in [0.15, 0.2) is 0 Å². The maximum atomic E-state index is 5.51. The van der Waals surface area contributed by atoms with E-state index in [1.165, 1.54) is 0 Å². The number of aromatic nitrogens is 1. The maximum Gasteiger partial charge on any atom is 0.215 e. The van der Waals surface area contributed by atoms with Gasteiger partial charge in [-0.15, -0.1) is 0 Å². The van der Waals surface area contributed by atoms with Gasteiger partial charge in [0.1, 0.15) is 6.61 Å². The summed E-state index contributed by atoms with van der Waals surface area (Å²) in [5.41, 5.74) is 1.05. The second kappa shape index (κ2) is 6.24. The molecule has 1 heterocycles. The molecule has 0 aliphatic rings. The Kier molecular flexibility index (Phi) is 4.90. The molecule has 1 aromatic rings. The zero-order valence-corrected chi connectivity index (χ0v) is 9.66. The first kappa shape index (κ1) is 11.8. The molecule has 1 rings (SSSR count). The first-order valence-corrected chi connectivity index (χ1v) is 5.20. The van der Waals surface area contributed by atoms with E-state index in [1.807, 2.05) is 26.2 Å². The van der Waals surface area contributed by atoms with Crippen LogP contribution in [0.3, 0.4) is 0 Å². The van der Waals surface area contributed by atoms with Crippen molar-refractivity contribution in [1.82, 2.24) is 9.88 Å². The number of pyridine rings is 1. The van der Waals surface area contributed by atoms with E-state index in [0.29, 0.717) is 12.5 Å². The molecule has 0 fully saturated rings. The molecule has 84 valence electrons. The van der Waals surface area contributed by atoms with E-state index >= 15 is 0 Å². The van der Waals surface area contributed by atoms with Gasteiger partial charge in [-0.05, 0) is 27.1 Å². The third kappa shape index (κ3) is 4.65. The molecule has 4 heteroatoms. The van der Waals surface area contributed by atoms with Crippen LogP contribution in [0, 0.1) is 0 Å². The normalized spacial score (nSPS) is 10.4. The highest BCUT2D eigenvalue weighted by Crippen LogP contribution is 2.13. The van der Waals surface area contributed by atoms with Crippen molar-refractivity contribution in [2.45, 2.75) is 6.92 Å². The lowest BCUT2D eigenvalue weighted by Gasteiger charge is -2.11. The van der Waals surface area contributed by atoms with E-state index in [2.05, 4.69) is 22.1 Å². The van der Waals surface area contributed by atoms with Crippen LogP contribution in [0.1, 0.15) is 6.92 Å². The van der Waals surface area contributed by atoms with Gasteiger partial charge in [0.25, 0.3) is 0 Å². The SMILES string of the molecule is CCNc1ccnc(OCCN(C)C)c1. The predicted molar refractivity (Wildman–Crippen MR) is 62.4 cm³/mol. The molecule has 0 saturated carbocycles. The van der Waals surface area contributed by atoms with Gasteiger partial charge >= 0.3 is 0 Å². The van der Waals surface area contributed by atoms with Crippen LogP contribution >= 0.6 is 0 Å². The summed E-state index contributed by atoms with van der Waals surface area (Å²) in [6, 6.07) is 3.85. The Labute approximate surface area is 91.3 Å². The Morgan fingerprint density at radius 2 is 2.27 bits per heavy atom. The molecule has 0 aliphatic heterocycles. The van der Waals surface area contributed by atoms with Crippen LogP contribution in [0.4, 0.5) is 5.69 Å². The molecular weight excluding hydrogens is 190 g/mol. The summed E-state index contributed by atoms with van der Waals surface area (Å²) < 4.78 is 5.51. The van der Waals surface area contributed by atoms with Gasteiger partial charge in [-0.1, -0.05) is 0 Å². The Bertz CT molecular complexity index is 289. The van der Waals surface area contributed by atoms with E-state index in [1.54, 1.807) is 6.20 Å². The van der Waals surface area contributed by atoms with Crippen LogP contribution in [0.25, 0.3) is 0 Å². The summed E-state index contributed by atoms with van der Waals surface area (Å²) >= 11 is 0. The van der Waals surface area contributed by atoms with E-state index in [4.69, 9.17) is 4.74 Å². The highest BCUT2D eigenvalue weighted by molar-refractivity contribution is 5.44. The number of rotatable bonds is 6. The van der Waals surface area contributed by atoms with Crippen molar-refractivity contribution in [2.24, 2.45) is 0 Å². The number of nitrogens with one attached hydrogen (secondary N) is 1. The fraction of sp³-hybridized carbons (Fsp3) is 0.545. The van der Waals surface area contributed by atoms with Crippen molar-refractivity contribution in [2.75, 3.05) is 39.1 Å². The minimum Gasteiger partial charge on any atom is -0.476 e. The Morgan fingerprint density at radius 1 is 1.47 bits per heavy atom. The Balaban J connectivity index is 2.43. The van der Waals surface area contributed by atoms with Crippen LogP contribution in [-0.4, -0.2) is 43.7 Å². The van der Waals surface area contributed by atoms with Crippen molar-refractivity contribution in [1.29, 1.82) is 0 Å². The zero-order chi connectivity index (χ0) is 11.1. The molecule has 15 heavy (non-hydrogen) atoms. The van der Waals surface area contributed by atoms with E-state index in [0.717, 1.165) is 18.8 Å². The Hall–Kier alpha value is -1.29. The number of anilines is 1. The van der Waals surface area contributed by atoms with Crippen molar-refractivity contribution < 1.29 is 4.74 Å². The molecule has 1 aromatic heterocycles. The second-order valence-corrected chi connectivity index (χ2v) is 3.56. The summed E-state index contributed by atoms with van der Waals surface area (Å²) in [4.78, 5) is 6.22. The summed E-state index contributed by atoms with van der Waals surface area (Å²) in [6.07, 6.45) is 1.75. The standard InChI is InChI=1S/C11H19N3O/c1-4-12-10-5-6-13-11(9-10)15-8-7-14(2)3/h5-6,9H,4,7-8H2,1-3H3,(H,12,13). The summed E-state index contributed by atoms with van der Waals surface area (Å²) in [5, 5.41) is 3.22. The van der Waals surface area contributed by atoms with Crippen LogP contribution in [0.15, 0.2) is 18.3 Å². The summed E-state index contributed by atoms with van der Waals surface area (Å²) in [5.74, 6) is 0.676. The average Bonchev–Trinajstić information content (AvgIpc) is 2.18. The molecule has 1 N–H and O–H groups in total. The van der Waals surface area contributed by atoms with Gasteiger partial charge in [-0.25, -0.2) is 4.98 Å². The fourth-order valence-electron chi connectivity index (χ4n) is 1.14. The number of likely N-dealkylation sites (N-methyl/N-ethyl adjacent to an activating group) is 1. The van der Waals surface area contributed by atoms with Gasteiger partial charge < -0.3 is 15.0 Å². The van der Waals surface area contributed by atoms with Crippen LogP contribution < -0.4 is 10.1 Å². The van der Waals surface area contributed by atoms with E-state index in [-0.39, 0.29) is 0 Å². The predicted octanol–water partition coefficient (Wildman–Crippen LogP) is 1.45. The number of nitrogens with zero attached hydrogens (tertiary/aromatic N) is 2. The summed E-state index contributed by atoms with van der Waals surface area (Å²) in [7, 11) is 4.04. The molecule has 0 amide bonds. The van der Waals surface area contributed by atoms with E-state index in [9.17, 15) is 0 Å². The fourth-order valence-corrected chi connectivity index (χ4v) is 1.14. The zero-order valence-electron chi connectivity index (χ0n) is 9.66. The third-order valence-corrected chi connectivity index (χ3v) is 1.90. The summed E-state index contributed by atoms with van der Waals surface area (Å²) in [6.45, 7) is 4.52.